The molecular weight excluding hydrogens is 345 g/mol. The van der Waals surface area contributed by atoms with Crippen LogP contribution in [0.5, 0.6) is 11.5 Å². The van der Waals surface area contributed by atoms with Gasteiger partial charge in [-0.1, -0.05) is 5.92 Å². The number of benzene rings is 2. The zero-order valence-corrected chi connectivity index (χ0v) is 14.4. The lowest BCUT2D eigenvalue weighted by atomic mass is 10.1. The van der Waals surface area contributed by atoms with Gasteiger partial charge >= 0.3 is 0 Å². The van der Waals surface area contributed by atoms with Gasteiger partial charge in [0.1, 0.15) is 18.0 Å². The van der Waals surface area contributed by atoms with Gasteiger partial charge in [0.2, 0.25) is 0 Å². The van der Waals surface area contributed by atoms with Crippen LogP contribution in [0.1, 0.15) is 5.56 Å². The molecule has 0 aliphatic heterocycles. The Balaban J connectivity index is 0.00000225. The zero-order chi connectivity index (χ0) is 17.1. The van der Waals surface area contributed by atoms with Crippen molar-refractivity contribution in [2.75, 3.05) is 19.5 Å². The minimum atomic E-state index is -0.443. The molecule has 1 N–H and O–H groups in total. The number of nitrogens with zero attached hydrogens (tertiary/aromatic N) is 2. The number of anilines is 2. The van der Waals surface area contributed by atoms with E-state index >= 15 is 0 Å². The normalized spacial score (nSPS) is 9.84. The molecule has 0 atom stereocenters. The molecule has 1 heterocycles. The molecule has 128 valence electrons. The molecule has 25 heavy (non-hydrogen) atoms. The first-order valence-electron chi connectivity index (χ1n) is 7.06. The van der Waals surface area contributed by atoms with Crippen molar-refractivity contribution in [3.05, 3.63) is 48.0 Å². The summed E-state index contributed by atoms with van der Waals surface area (Å²) in [7, 11) is 3.11. The van der Waals surface area contributed by atoms with Gasteiger partial charge in [0, 0.05) is 17.1 Å². The standard InChI is InChI=1S/C18H14FN3O2.ClH/c1-4-11-7-12(5-6-14(11)19)22-18-13-8-16(23-2)17(24-3)9-15(13)20-10-21-18;/h1,5-10H,2-3H3,(H,20,21,22);1H. The van der Waals surface area contributed by atoms with Crippen molar-refractivity contribution in [2.24, 2.45) is 0 Å². The van der Waals surface area contributed by atoms with Gasteiger partial charge in [0.25, 0.3) is 0 Å². The SMILES string of the molecule is C#Cc1cc(Nc2ncnc3cc(OC)c(OC)cc23)ccc1F.Cl. The number of methoxy groups -OCH3 is 2. The van der Waals surface area contributed by atoms with Crippen molar-refractivity contribution in [3.63, 3.8) is 0 Å². The lowest BCUT2D eigenvalue weighted by Crippen LogP contribution is -1.98. The first-order valence-corrected chi connectivity index (χ1v) is 7.06. The van der Waals surface area contributed by atoms with E-state index in [1.54, 1.807) is 38.5 Å². The summed E-state index contributed by atoms with van der Waals surface area (Å²) in [6, 6.07) is 7.99. The highest BCUT2D eigenvalue weighted by Gasteiger charge is 2.11. The van der Waals surface area contributed by atoms with E-state index in [1.807, 2.05) is 0 Å². The maximum Gasteiger partial charge on any atom is 0.162 e. The molecule has 3 rings (SSSR count). The Bertz CT molecular complexity index is 957. The second-order valence-electron chi connectivity index (χ2n) is 4.91. The fourth-order valence-electron chi connectivity index (χ4n) is 2.33. The molecule has 0 radical (unpaired) electrons. The van der Waals surface area contributed by atoms with Crippen LogP contribution in [-0.4, -0.2) is 24.2 Å². The van der Waals surface area contributed by atoms with Crippen LogP contribution in [0.25, 0.3) is 10.9 Å². The number of halogens is 2. The van der Waals surface area contributed by atoms with Crippen LogP contribution in [0.2, 0.25) is 0 Å². The van der Waals surface area contributed by atoms with Crippen LogP contribution in [0.4, 0.5) is 15.9 Å². The Morgan fingerprint density at radius 2 is 1.80 bits per heavy atom. The van der Waals surface area contributed by atoms with E-state index in [0.29, 0.717) is 28.5 Å². The molecule has 0 fully saturated rings. The van der Waals surface area contributed by atoms with Gasteiger partial charge in [-0.15, -0.1) is 18.8 Å². The summed E-state index contributed by atoms with van der Waals surface area (Å²) in [5, 5.41) is 3.87. The number of hydrogen-bond acceptors (Lipinski definition) is 5. The van der Waals surface area contributed by atoms with Crippen molar-refractivity contribution >= 4 is 34.8 Å². The molecule has 3 aromatic rings. The second-order valence-corrected chi connectivity index (χ2v) is 4.91. The molecule has 0 spiro atoms. The van der Waals surface area contributed by atoms with Gasteiger partial charge in [-0.25, -0.2) is 14.4 Å². The summed E-state index contributed by atoms with van der Waals surface area (Å²) < 4.78 is 24.1. The van der Waals surface area contributed by atoms with Gasteiger partial charge in [-0.3, -0.25) is 0 Å². The monoisotopic (exact) mass is 359 g/mol. The predicted octanol–water partition coefficient (Wildman–Crippen LogP) is 3.93. The summed E-state index contributed by atoms with van der Waals surface area (Å²) in [5.74, 6) is 3.55. The van der Waals surface area contributed by atoms with Crippen molar-refractivity contribution in [2.45, 2.75) is 0 Å². The minimum Gasteiger partial charge on any atom is -0.493 e. The van der Waals surface area contributed by atoms with E-state index in [0.717, 1.165) is 5.39 Å². The van der Waals surface area contributed by atoms with Crippen LogP contribution in [-0.2, 0) is 0 Å². The average Bonchev–Trinajstić information content (AvgIpc) is 2.62. The maximum atomic E-state index is 13.5. The number of ether oxygens (including phenoxy) is 2. The highest BCUT2D eigenvalue weighted by atomic mass is 35.5. The lowest BCUT2D eigenvalue weighted by molar-refractivity contribution is 0.356. The minimum absolute atomic E-state index is 0. The van der Waals surface area contributed by atoms with Gasteiger partial charge in [0.15, 0.2) is 11.5 Å². The van der Waals surface area contributed by atoms with Gasteiger partial charge < -0.3 is 14.8 Å². The van der Waals surface area contributed by atoms with E-state index in [1.165, 1.54) is 12.4 Å². The zero-order valence-electron chi connectivity index (χ0n) is 13.5. The van der Waals surface area contributed by atoms with Crippen LogP contribution >= 0.6 is 12.4 Å². The lowest BCUT2D eigenvalue weighted by Gasteiger charge is -2.12. The summed E-state index contributed by atoms with van der Waals surface area (Å²) >= 11 is 0. The highest BCUT2D eigenvalue weighted by Crippen LogP contribution is 2.34. The smallest absolute Gasteiger partial charge is 0.162 e. The van der Waals surface area contributed by atoms with Crippen LogP contribution < -0.4 is 14.8 Å². The molecular formula is C18H15ClFN3O2. The molecule has 0 aliphatic carbocycles. The predicted molar refractivity (Wildman–Crippen MR) is 97.5 cm³/mol. The Kier molecular flexibility index (Phi) is 5.63. The van der Waals surface area contributed by atoms with Crippen molar-refractivity contribution in [1.82, 2.24) is 9.97 Å². The molecule has 1 aromatic heterocycles. The maximum absolute atomic E-state index is 13.5. The Hall–Kier alpha value is -3.04. The first kappa shape index (κ1) is 18.3. The van der Waals surface area contributed by atoms with Gasteiger partial charge in [-0.05, 0) is 24.3 Å². The molecule has 0 amide bonds. The number of aromatic nitrogens is 2. The third kappa shape index (κ3) is 3.57. The largest absolute Gasteiger partial charge is 0.493 e. The summed E-state index contributed by atoms with van der Waals surface area (Å²) in [4.78, 5) is 8.48. The highest BCUT2D eigenvalue weighted by molar-refractivity contribution is 5.93. The summed E-state index contributed by atoms with van der Waals surface area (Å²) in [5.41, 5.74) is 1.49. The first-order chi connectivity index (χ1) is 11.7. The van der Waals surface area contributed by atoms with Gasteiger partial charge in [-0.2, -0.15) is 0 Å². The van der Waals surface area contributed by atoms with E-state index < -0.39 is 5.82 Å². The third-order valence-electron chi connectivity index (χ3n) is 3.53. The quantitative estimate of drug-likeness (QED) is 0.715. The fourth-order valence-corrected chi connectivity index (χ4v) is 2.33. The van der Waals surface area contributed by atoms with E-state index in [4.69, 9.17) is 15.9 Å². The number of nitrogens with one attached hydrogen (secondary N) is 1. The Morgan fingerprint density at radius 1 is 1.08 bits per heavy atom. The van der Waals surface area contributed by atoms with E-state index in [9.17, 15) is 4.39 Å². The van der Waals surface area contributed by atoms with Crippen molar-refractivity contribution in [1.29, 1.82) is 0 Å². The Labute approximate surface area is 150 Å². The summed E-state index contributed by atoms with van der Waals surface area (Å²) in [6.07, 6.45) is 6.73. The number of terminal acetylenes is 1. The molecule has 5 nitrogen and oxygen atoms in total. The molecule has 7 heteroatoms. The topological polar surface area (TPSA) is 56.3 Å². The van der Waals surface area contributed by atoms with E-state index in [-0.39, 0.29) is 18.0 Å². The fraction of sp³-hybridized carbons (Fsp3) is 0.111. The van der Waals surface area contributed by atoms with Crippen LogP contribution in [0.3, 0.4) is 0 Å². The molecule has 0 aliphatic rings. The number of hydrogen-bond donors (Lipinski definition) is 1. The van der Waals surface area contributed by atoms with Gasteiger partial charge in [0.05, 0.1) is 25.3 Å². The van der Waals surface area contributed by atoms with Crippen LogP contribution in [0, 0.1) is 18.2 Å². The summed E-state index contributed by atoms with van der Waals surface area (Å²) in [6.45, 7) is 0. The van der Waals surface area contributed by atoms with Crippen LogP contribution in [0.15, 0.2) is 36.7 Å². The second kappa shape index (κ2) is 7.69. The molecule has 0 saturated heterocycles. The Morgan fingerprint density at radius 3 is 2.48 bits per heavy atom. The molecule has 0 unspecified atom stereocenters. The molecule has 0 bridgehead atoms. The number of rotatable bonds is 4. The van der Waals surface area contributed by atoms with Crippen molar-refractivity contribution in [3.8, 4) is 23.8 Å². The van der Waals surface area contributed by atoms with Crippen molar-refractivity contribution < 1.29 is 13.9 Å². The third-order valence-corrected chi connectivity index (χ3v) is 3.53. The average molecular weight is 360 g/mol. The molecule has 0 saturated carbocycles. The molecule has 2 aromatic carbocycles. The number of fused-ring (bicyclic) bond motifs is 1. The van der Waals surface area contributed by atoms with E-state index in [2.05, 4.69) is 21.2 Å².